The second kappa shape index (κ2) is 7.77. The lowest BCUT2D eigenvalue weighted by Crippen LogP contribution is -2.27. The van der Waals surface area contributed by atoms with E-state index in [1.807, 2.05) is 0 Å². The molecule has 0 radical (unpaired) electrons. The smallest absolute Gasteiger partial charge is 0.0809 e. The molecule has 20 heavy (non-hydrogen) atoms. The fourth-order valence-electron chi connectivity index (χ4n) is 2.82. The first kappa shape index (κ1) is 15.5. The van der Waals surface area contributed by atoms with Gasteiger partial charge in [0, 0.05) is 6.61 Å². The summed E-state index contributed by atoms with van der Waals surface area (Å²) in [6.07, 6.45) is 2.61. The third-order valence-corrected chi connectivity index (χ3v) is 3.71. The molecule has 1 aromatic carbocycles. The quantitative estimate of drug-likeness (QED) is 0.830. The Morgan fingerprint density at radius 1 is 1.30 bits per heavy atom. The predicted molar refractivity (Wildman–Crippen MR) is 82.1 cm³/mol. The fourth-order valence-corrected chi connectivity index (χ4v) is 2.82. The van der Waals surface area contributed by atoms with Crippen molar-refractivity contribution in [1.29, 1.82) is 0 Å². The lowest BCUT2D eigenvalue weighted by molar-refractivity contribution is 0.0101. The number of likely N-dealkylation sites (N-methyl/N-ethyl adjacent to an activating group) is 1. The Hall–Kier alpha value is -0.900. The van der Waals surface area contributed by atoms with E-state index in [1.54, 1.807) is 0 Å². The zero-order chi connectivity index (χ0) is 14.4. The minimum Gasteiger partial charge on any atom is -0.377 e. The molecule has 0 aromatic heterocycles. The summed E-state index contributed by atoms with van der Waals surface area (Å²) in [6, 6.07) is 6.96. The Balaban J connectivity index is 1.91. The molecule has 112 valence electrons. The van der Waals surface area contributed by atoms with Crippen LogP contribution in [0.1, 0.15) is 42.5 Å². The van der Waals surface area contributed by atoms with Gasteiger partial charge in [-0.05, 0) is 38.8 Å². The molecule has 0 saturated carbocycles. The maximum Gasteiger partial charge on any atom is 0.0809 e. The fraction of sp³-hybridized carbons (Fsp3) is 0.647. The monoisotopic (exact) mass is 277 g/mol. The summed E-state index contributed by atoms with van der Waals surface area (Å²) in [7, 11) is 0. The molecule has 1 aromatic rings. The van der Waals surface area contributed by atoms with Gasteiger partial charge in [0.15, 0.2) is 0 Å². The standard InChI is InChI=1S/C17H27NO2/c1-4-18-17(12-19-11-16-6-5-7-20-16)15-9-13(2)8-14(3)10-15/h8-10,16-18H,4-7,11-12H2,1-3H3. The topological polar surface area (TPSA) is 30.5 Å². The lowest BCUT2D eigenvalue weighted by atomic mass is 10.0. The van der Waals surface area contributed by atoms with E-state index in [9.17, 15) is 0 Å². The third kappa shape index (κ3) is 4.58. The molecular formula is C17H27NO2. The van der Waals surface area contributed by atoms with Gasteiger partial charge in [0.2, 0.25) is 0 Å². The summed E-state index contributed by atoms with van der Waals surface area (Å²) < 4.78 is 11.5. The third-order valence-electron chi connectivity index (χ3n) is 3.71. The highest BCUT2D eigenvalue weighted by Crippen LogP contribution is 2.18. The Kier molecular flexibility index (Phi) is 6.02. The van der Waals surface area contributed by atoms with Crippen molar-refractivity contribution in [3.63, 3.8) is 0 Å². The largest absolute Gasteiger partial charge is 0.377 e. The van der Waals surface area contributed by atoms with Crippen LogP contribution in [-0.2, 0) is 9.47 Å². The highest BCUT2D eigenvalue weighted by Gasteiger charge is 2.17. The Morgan fingerprint density at radius 3 is 2.65 bits per heavy atom. The van der Waals surface area contributed by atoms with Crippen LogP contribution < -0.4 is 5.32 Å². The summed E-state index contributed by atoms with van der Waals surface area (Å²) >= 11 is 0. The molecule has 0 spiro atoms. The van der Waals surface area contributed by atoms with Crippen molar-refractivity contribution in [3.8, 4) is 0 Å². The highest BCUT2D eigenvalue weighted by atomic mass is 16.5. The minimum atomic E-state index is 0.264. The van der Waals surface area contributed by atoms with E-state index in [0.717, 1.165) is 19.6 Å². The maximum absolute atomic E-state index is 5.88. The highest BCUT2D eigenvalue weighted by molar-refractivity contribution is 5.30. The van der Waals surface area contributed by atoms with Gasteiger partial charge in [0.25, 0.3) is 0 Å². The van der Waals surface area contributed by atoms with Crippen molar-refractivity contribution >= 4 is 0 Å². The van der Waals surface area contributed by atoms with Crippen LogP contribution in [0.4, 0.5) is 0 Å². The number of aryl methyl sites for hydroxylation is 2. The van der Waals surface area contributed by atoms with Gasteiger partial charge < -0.3 is 14.8 Å². The van der Waals surface area contributed by atoms with Crippen LogP contribution in [0.5, 0.6) is 0 Å². The molecule has 1 aliphatic rings. The second-order valence-corrected chi connectivity index (χ2v) is 5.70. The molecule has 3 nitrogen and oxygen atoms in total. The van der Waals surface area contributed by atoms with Crippen molar-refractivity contribution in [2.45, 2.75) is 45.8 Å². The molecule has 0 bridgehead atoms. The summed E-state index contributed by atoms with van der Waals surface area (Å²) in [5, 5.41) is 3.51. The van der Waals surface area contributed by atoms with Crippen LogP contribution in [0.3, 0.4) is 0 Å². The molecule has 1 saturated heterocycles. The molecule has 2 unspecified atom stereocenters. The average molecular weight is 277 g/mol. The number of hydrogen-bond donors (Lipinski definition) is 1. The molecule has 1 fully saturated rings. The van der Waals surface area contributed by atoms with Crippen LogP contribution >= 0.6 is 0 Å². The second-order valence-electron chi connectivity index (χ2n) is 5.70. The van der Waals surface area contributed by atoms with Gasteiger partial charge >= 0.3 is 0 Å². The van der Waals surface area contributed by atoms with Crippen LogP contribution in [0.2, 0.25) is 0 Å². The average Bonchev–Trinajstić information content (AvgIpc) is 2.89. The summed E-state index contributed by atoms with van der Waals surface area (Å²) in [5.41, 5.74) is 3.93. The molecule has 0 aliphatic carbocycles. The van der Waals surface area contributed by atoms with E-state index in [-0.39, 0.29) is 6.04 Å². The molecule has 1 heterocycles. The first-order valence-electron chi connectivity index (χ1n) is 7.70. The van der Waals surface area contributed by atoms with E-state index >= 15 is 0 Å². The molecule has 3 heteroatoms. The maximum atomic E-state index is 5.88. The van der Waals surface area contributed by atoms with Gasteiger partial charge in [-0.15, -0.1) is 0 Å². The Labute approximate surface area is 122 Å². The molecule has 1 N–H and O–H groups in total. The molecule has 2 rings (SSSR count). The van der Waals surface area contributed by atoms with E-state index in [0.29, 0.717) is 19.3 Å². The summed E-state index contributed by atoms with van der Waals surface area (Å²) in [6.45, 7) is 9.68. The van der Waals surface area contributed by atoms with Crippen molar-refractivity contribution < 1.29 is 9.47 Å². The molecule has 1 aliphatic heterocycles. The van der Waals surface area contributed by atoms with E-state index in [1.165, 1.54) is 23.1 Å². The Bertz CT molecular complexity index is 393. The van der Waals surface area contributed by atoms with Gasteiger partial charge in [-0.2, -0.15) is 0 Å². The number of rotatable bonds is 7. The van der Waals surface area contributed by atoms with Crippen molar-refractivity contribution in [1.82, 2.24) is 5.32 Å². The van der Waals surface area contributed by atoms with E-state index in [4.69, 9.17) is 9.47 Å². The number of benzene rings is 1. The minimum absolute atomic E-state index is 0.264. The van der Waals surface area contributed by atoms with Gasteiger partial charge in [-0.25, -0.2) is 0 Å². The van der Waals surface area contributed by atoms with Crippen molar-refractivity contribution in [3.05, 3.63) is 34.9 Å². The van der Waals surface area contributed by atoms with Gasteiger partial charge in [0.05, 0.1) is 25.4 Å². The number of hydrogen-bond acceptors (Lipinski definition) is 3. The SMILES string of the molecule is CCNC(COCC1CCCO1)c1cc(C)cc(C)c1. The number of ether oxygens (including phenoxy) is 2. The Morgan fingerprint density at radius 2 is 2.05 bits per heavy atom. The lowest BCUT2D eigenvalue weighted by Gasteiger charge is -2.20. The van der Waals surface area contributed by atoms with Crippen LogP contribution in [-0.4, -0.2) is 32.5 Å². The van der Waals surface area contributed by atoms with E-state index in [2.05, 4.69) is 44.3 Å². The van der Waals surface area contributed by atoms with Crippen molar-refractivity contribution in [2.75, 3.05) is 26.4 Å². The van der Waals surface area contributed by atoms with E-state index < -0.39 is 0 Å². The van der Waals surface area contributed by atoms with Gasteiger partial charge in [-0.1, -0.05) is 36.2 Å². The van der Waals surface area contributed by atoms with Crippen LogP contribution in [0.15, 0.2) is 18.2 Å². The number of nitrogens with one attached hydrogen (secondary N) is 1. The first-order chi connectivity index (χ1) is 9.69. The zero-order valence-electron chi connectivity index (χ0n) is 12.9. The normalized spacial score (nSPS) is 20.2. The van der Waals surface area contributed by atoms with Crippen LogP contribution in [0, 0.1) is 13.8 Å². The van der Waals surface area contributed by atoms with Gasteiger partial charge in [-0.3, -0.25) is 0 Å². The first-order valence-corrected chi connectivity index (χ1v) is 7.70. The van der Waals surface area contributed by atoms with Crippen LogP contribution in [0.25, 0.3) is 0 Å². The molecule has 0 amide bonds. The predicted octanol–water partition coefficient (Wildman–Crippen LogP) is 3.15. The zero-order valence-corrected chi connectivity index (χ0v) is 12.9. The molecule has 2 atom stereocenters. The van der Waals surface area contributed by atoms with Gasteiger partial charge in [0.1, 0.15) is 0 Å². The van der Waals surface area contributed by atoms with Crippen molar-refractivity contribution in [2.24, 2.45) is 0 Å². The molecular weight excluding hydrogens is 250 g/mol. The summed E-state index contributed by atoms with van der Waals surface area (Å²) in [4.78, 5) is 0. The summed E-state index contributed by atoms with van der Waals surface area (Å²) in [5.74, 6) is 0.